The van der Waals surface area contributed by atoms with Crippen LogP contribution in [-0.2, 0) is 22.6 Å². The van der Waals surface area contributed by atoms with Crippen LogP contribution in [0.3, 0.4) is 0 Å². The molecular formula is C30H33N3O4. The summed E-state index contributed by atoms with van der Waals surface area (Å²) in [5, 5.41) is 2.61. The largest absolute Gasteiger partial charge is 0.485 e. The Hall–Kier alpha value is -4.00. The Kier molecular flexibility index (Phi) is 9.03. The van der Waals surface area contributed by atoms with Gasteiger partial charge in [-0.1, -0.05) is 72.3 Å². The van der Waals surface area contributed by atoms with Crippen molar-refractivity contribution >= 4 is 11.9 Å². The maximum atomic E-state index is 13.1. The number of allylic oxidation sites excluding steroid dienone is 2. The van der Waals surface area contributed by atoms with Gasteiger partial charge in [-0.3, -0.25) is 9.59 Å². The van der Waals surface area contributed by atoms with E-state index in [0.29, 0.717) is 29.6 Å². The van der Waals surface area contributed by atoms with Gasteiger partial charge >= 0.3 is 5.97 Å². The minimum Gasteiger partial charge on any atom is -0.485 e. The Balaban J connectivity index is 1.52. The molecule has 1 aromatic heterocycles. The normalized spacial score (nSPS) is 15.0. The van der Waals surface area contributed by atoms with E-state index >= 15 is 0 Å². The molecule has 192 valence electrons. The summed E-state index contributed by atoms with van der Waals surface area (Å²) in [6.07, 6.45) is 5.85. The van der Waals surface area contributed by atoms with Crippen LogP contribution in [0.25, 0.3) is 0 Å². The van der Waals surface area contributed by atoms with Crippen LogP contribution in [0.15, 0.2) is 72.3 Å². The molecule has 0 fully saturated rings. The zero-order chi connectivity index (χ0) is 26.0. The van der Waals surface area contributed by atoms with Crippen LogP contribution in [0.2, 0.25) is 0 Å². The van der Waals surface area contributed by atoms with Crippen molar-refractivity contribution < 1.29 is 19.1 Å². The monoisotopic (exact) mass is 499 g/mol. The van der Waals surface area contributed by atoms with Crippen LogP contribution in [0.1, 0.15) is 65.2 Å². The second kappa shape index (κ2) is 12.8. The number of esters is 1. The summed E-state index contributed by atoms with van der Waals surface area (Å²) < 4.78 is 10.9. The van der Waals surface area contributed by atoms with E-state index in [1.54, 1.807) is 6.92 Å². The number of rotatable bonds is 10. The minimum absolute atomic E-state index is 0.126. The van der Waals surface area contributed by atoms with Crippen molar-refractivity contribution in [3.05, 3.63) is 101 Å². The zero-order valence-electron chi connectivity index (χ0n) is 21.4. The van der Waals surface area contributed by atoms with E-state index in [4.69, 9.17) is 9.47 Å². The van der Waals surface area contributed by atoms with E-state index < -0.39 is 11.9 Å². The molecule has 37 heavy (non-hydrogen) atoms. The summed E-state index contributed by atoms with van der Waals surface area (Å²) in [7, 11) is 0. The molecule has 7 heteroatoms. The topological polar surface area (TPSA) is 90.4 Å². The molecule has 1 N–H and O–H groups in total. The van der Waals surface area contributed by atoms with Gasteiger partial charge < -0.3 is 14.8 Å². The second-order valence-corrected chi connectivity index (χ2v) is 9.09. The van der Waals surface area contributed by atoms with Gasteiger partial charge in [0.1, 0.15) is 19.0 Å². The molecule has 0 bridgehead atoms. The molecule has 0 saturated heterocycles. The third kappa shape index (κ3) is 7.26. The molecule has 7 nitrogen and oxygen atoms in total. The molecule has 1 heterocycles. The smallest absolute Gasteiger partial charge is 0.325 e. The van der Waals surface area contributed by atoms with Gasteiger partial charge in [-0.15, -0.1) is 0 Å². The second-order valence-electron chi connectivity index (χ2n) is 9.09. The molecule has 0 spiro atoms. The molecule has 3 aromatic rings. The number of hydrogen-bond acceptors (Lipinski definition) is 6. The van der Waals surface area contributed by atoms with Gasteiger partial charge in [0.15, 0.2) is 11.4 Å². The first-order valence-electron chi connectivity index (χ1n) is 12.7. The van der Waals surface area contributed by atoms with Crippen LogP contribution in [0.5, 0.6) is 5.75 Å². The first-order chi connectivity index (χ1) is 18.0. The lowest BCUT2D eigenvalue weighted by molar-refractivity contribution is -0.141. The van der Waals surface area contributed by atoms with Crippen LogP contribution in [0.4, 0.5) is 0 Å². The quantitative estimate of drug-likeness (QED) is 0.309. The highest BCUT2D eigenvalue weighted by atomic mass is 16.5. The third-order valence-electron chi connectivity index (χ3n) is 6.38. The SMILES string of the molecule is CCOC(=O)CNC(=O)c1nc(CC2=CCC(c3ccccc3)CC2)nc(C)c1OCc1ccccc1. The highest BCUT2D eigenvalue weighted by Gasteiger charge is 2.22. The van der Waals surface area contributed by atoms with Gasteiger partial charge in [0.2, 0.25) is 0 Å². The standard InChI is InChI=1S/C30H33N3O4/c1-3-36-27(34)19-31-30(35)28-29(37-20-23-10-6-4-7-11-23)21(2)32-26(33-28)18-22-14-16-25(17-15-22)24-12-8-5-9-13-24/h4-14,25H,3,15-20H2,1-2H3,(H,31,35). The number of amides is 1. The van der Waals surface area contributed by atoms with Crippen molar-refractivity contribution in [1.82, 2.24) is 15.3 Å². The number of ether oxygens (including phenoxy) is 2. The predicted molar refractivity (Wildman–Crippen MR) is 141 cm³/mol. The molecule has 4 rings (SSSR count). The molecule has 1 unspecified atom stereocenters. The molecule has 1 aliphatic rings. The maximum Gasteiger partial charge on any atom is 0.325 e. The van der Waals surface area contributed by atoms with Crippen LogP contribution < -0.4 is 10.1 Å². The highest BCUT2D eigenvalue weighted by molar-refractivity contribution is 5.96. The fraction of sp³-hybridized carbons (Fsp3) is 0.333. The summed E-state index contributed by atoms with van der Waals surface area (Å²) in [4.78, 5) is 34.1. The molecule has 2 aromatic carbocycles. The Labute approximate surface area is 217 Å². The number of carbonyl (C=O) groups is 2. The average molecular weight is 500 g/mol. The van der Waals surface area contributed by atoms with E-state index in [0.717, 1.165) is 24.8 Å². The molecule has 1 amide bonds. The predicted octanol–water partition coefficient (Wildman–Crippen LogP) is 5.09. The van der Waals surface area contributed by atoms with Crippen molar-refractivity contribution in [3.63, 3.8) is 0 Å². The molecule has 0 radical (unpaired) electrons. The van der Waals surface area contributed by atoms with Crippen molar-refractivity contribution in [1.29, 1.82) is 0 Å². The molecule has 0 aliphatic heterocycles. The lowest BCUT2D eigenvalue weighted by Gasteiger charge is -2.22. The highest BCUT2D eigenvalue weighted by Crippen LogP contribution is 2.33. The van der Waals surface area contributed by atoms with E-state index in [2.05, 4.69) is 45.6 Å². The summed E-state index contributed by atoms with van der Waals surface area (Å²) in [6, 6.07) is 20.3. The van der Waals surface area contributed by atoms with E-state index in [-0.39, 0.29) is 25.5 Å². The number of hydrogen-bond donors (Lipinski definition) is 1. The molecular weight excluding hydrogens is 466 g/mol. The minimum atomic E-state index is -0.506. The molecule has 0 saturated carbocycles. The molecule has 1 aliphatic carbocycles. The summed E-state index contributed by atoms with van der Waals surface area (Å²) in [6.45, 7) is 3.81. The number of carbonyl (C=O) groups excluding carboxylic acids is 2. The molecule has 1 atom stereocenters. The van der Waals surface area contributed by atoms with Crippen LogP contribution in [0, 0.1) is 6.92 Å². The Morgan fingerprint density at radius 3 is 2.43 bits per heavy atom. The summed E-state index contributed by atoms with van der Waals surface area (Å²) in [5.41, 5.74) is 4.30. The number of nitrogens with one attached hydrogen (secondary N) is 1. The lowest BCUT2D eigenvalue weighted by Crippen LogP contribution is -2.32. The summed E-state index contributed by atoms with van der Waals surface area (Å²) >= 11 is 0. The van der Waals surface area contributed by atoms with Gasteiger partial charge in [-0.2, -0.15) is 0 Å². The zero-order valence-corrected chi connectivity index (χ0v) is 21.4. The van der Waals surface area contributed by atoms with E-state index in [1.165, 1.54) is 11.1 Å². The number of nitrogens with zero attached hydrogens (tertiary/aromatic N) is 2. The van der Waals surface area contributed by atoms with Crippen molar-refractivity contribution in [2.45, 2.75) is 52.1 Å². The van der Waals surface area contributed by atoms with Crippen LogP contribution in [-0.4, -0.2) is 35.0 Å². The summed E-state index contributed by atoms with van der Waals surface area (Å²) in [5.74, 6) is 0.398. The van der Waals surface area contributed by atoms with Crippen molar-refractivity contribution in [2.75, 3.05) is 13.2 Å². The third-order valence-corrected chi connectivity index (χ3v) is 6.38. The fourth-order valence-corrected chi connectivity index (χ4v) is 4.48. The first kappa shape index (κ1) is 26.1. The van der Waals surface area contributed by atoms with Crippen molar-refractivity contribution in [2.24, 2.45) is 0 Å². The van der Waals surface area contributed by atoms with Crippen LogP contribution >= 0.6 is 0 Å². The van der Waals surface area contributed by atoms with Crippen molar-refractivity contribution in [3.8, 4) is 5.75 Å². The Morgan fingerprint density at radius 1 is 1.03 bits per heavy atom. The number of benzene rings is 2. The average Bonchev–Trinajstić information content (AvgIpc) is 2.92. The fourth-order valence-electron chi connectivity index (χ4n) is 4.48. The van der Waals surface area contributed by atoms with Gasteiger partial charge in [-0.05, 0) is 50.2 Å². The first-order valence-corrected chi connectivity index (χ1v) is 12.7. The maximum absolute atomic E-state index is 13.1. The number of aryl methyl sites for hydroxylation is 1. The van der Waals surface area contributed by atoms with Gasteiger partial charge in [-0.25, -0.2) is 9.97 Å². The van der Waals surface area contributed by atoms with Gasteiger partial charge in [0.05, 0.1) is 12.3 Å². The lowest BCUT2D eigenvalue weighted by atomic mass is 9.84. The van der Waals surface area contributed by atoms with Gasteiger partial charge in [0.25, 0.3) is 5.91 Å². The Morgan fingerprint density at radius 2 is 1.76 bits per heavy atom. The Bertz CT molecular complexity index is 1240. The number of aromatic nitrogens is 2. The van der Waals surface area contributed by atoms with E-state index in [1.807, 2.05) is 43.3 Å². The van der Waals surface area contributed by atoms with Gasteiger partial charge in [0, 0.05) is 6.42 Å². The van der Waals surface area contributed by atoms with E-state index in [9.17, 15) is 9.59 Å².